The molecule has 4 fully saturated rings. The lowest BCUT2D eigenvalue weighted by atomic mass is 9.84. The normalized spacial score (nSPS) is 30.7. The molecule has 6 N–H and O–H groups in total. The summed E-state index contributed by atoms with van der Waals surface area (Å²) in [4.78, 5) is 97.2. The number of amides is 5. The van der Waals surface area contributed by atoms with Crippen molar-refractivity contribution < 1.29 is 43.8 Å². The Morgan fingerprint density at radius 1 is 0.918 bits per heavy atom. The van der Waals surface area contributed by atoms with Crippen molar-refractivity contribution in [2.24, 2.45) is 17.8 Å². The molecule has 0 aromatic heterocycles. The lowest BCUT2D eigenvalue weighted by molar-refractivity contribution is -0.143. The fraction of sp³-hybridized carbons (Fsp3) is 0.794. The number of piperidine rings is 1. The van der Waals surface area contributed by atoms with Crippen molar-refractivity contribution in [2.45, 2.75) is 135 Å². The Bertz CT molecular complexity index is 1260. The average molecular weight is 693 g/mol. The molecule has 0 aromatic rings. The summed E-state index contributed by atoms with van der Waals surface area (Å²) in [5.74, 6) is -5.79. The van der Waals surface area contributed by atoms with Crippen LogP contribution in [0, 0.1) is 17.8 Å². The largest absolute Gasteiger partial charge is 0.481 e. The summed E-state index contributed by atoms with van der Waals surface area (Å²) in [6.07, 6.45) is -0.0789. The number of aliphatic hydroxyl groups is 1. The molecule has 4 aliphatic rings. The van der Waals surface area contributed by atoms with Crippen LogP contribution in [0.2, 0.25) is 0 Å². The smallest absolute Gasteiger partial charge is 0.305 e. The number of carbonyl (C=O) groups excluding carboxylic acids is 6. The van der Waals surface area contributed by atoms with Crippen LogP contribution in [0.5, 0.6) is 0 Å². The van der Waals surface area contributed by atoms with E-state index in [-0.39, 0.29) is 29.9 Å². The highest BCUT2D eigenvalue weighted by molar-refractivity contribution is 5.96. The minimum atomic E-state index is -1.60. The summed E-state index contributed by atoms with van der Waals surface area (Å²) in [5.41, 5.74) is -0.633. The third-order valence-corrected chi connectivity index (χ3v) is 9.46. The number of hydrogen-bond acceptors (Lipinski definition) is 9. The van der Waals surface area contributed by atoms with Gasteiger partial charge in [-0.05, 0) is 79.2 Å². The molecule has 49 heavy (non-hydrogen) atoms. The van der Waals surface area contributed by atoms with Crippen molar-refractivity contribution in [2.75, 3.05) is 19.6 Å². The number of ketones is 1. The molecule has 276 valence electrons. The van der Waals surface area contributed by atoms with Gasteiger partial charge >= 0.3 is 5.97 Å². The molecule has 15 nitrogen and oxygen atoms in total. The molecular formula is C34H56N6O9. The minimum absolute atomic E-state index is 0.00859. The topological polar surface area (TPSA) is 215 Å². The van der Waals surface area contributed by atoms with E-state index in [0.717, 1.165) is 0 Å². The molecule has 0 radical (unpaired) electrons. The van der Waals surface area contributed by atoms with E-state index >= 15 is 0 Å². The summed E-state index contributed by atoms with van der Waals surface area (Å²) in [7, 11) is 0. The number of aliphatic hydroxyl groups excluding tert-OH is 1. The van der Waals surface area contributed by atoms with Crippen LogP contribution in [0.25, 0.3) is 0 Å². The molecule has 15 heteroatoms. The van der Waals surface area contributed by atoms with Gasteiger partial charge in [0.25, 0.3) is 0 Å². The molecule has 4 heterocycles. The predicted octanol–water partition coefficient (Wildman–Crippen LogP) is -0.0624. The highest BCUT2D eigenvalue weighted by Crippen LogP contribution is 2.29. The van der Waals surface area contributed by atoms with Crippen LogP contribution >= 0.6 is 0 Å². The molecule has 0 aliphatic carbocycles. The van der Waals surface area contributed by atoms with Crippen LogP contribution in [0.3, 0.4) is 0 Å². The molecule has 4 saturated heterocycles. The van der Waals surface area contributed by atoms with E-state index in [0.29, 0.717) is 51.7 Å². The zero-order valence-corrected chi connectivity index (χ0v) is 29.9. The Morgan fingerprint density at radius 2 is 1.55 bits per heavy atom. The van der Waals surface area contributed by atoms with Crippen molar-refractivity contribution in [3.63, 3.8) is 0 Å². The summed E-state index contributed by atoms with van der Waals surface area (Å²) in [6.45, 7) is 13.2. The Morgan fingerprint density at radius 3 is 2.10 bits per heavy atom. The van der Waals surface area contributed by atoms with Gasteiger partial charge in [-0.25, -0.2) is 0 Å². The van der Waals surface area contributed by atoms with Crippen LogP contribution in [0.1, 0.15) is 93.4 Å². The molecule has 4 aliphatic heterocycles. The zero-order valence-electron chi connectivity index (χ0n) is 29.9. The molecular weight excluding hydrogens is 636 g/mol. The van der Waals surface area contributed by atoms with E-state index in [9.17, 15) is 43.8 Å². The molecule has 0 unspecified atom stereocenters. The van der Waals surface area contributed by atoms with Crippen LogP contribution in [-0.2, 0) is 33.6 Å². The van der Waals surface area contributed by atoms with E-state index in [1.54, 1.807) is 16.7 Å². The zero-order chi connectivity index (χ0) is 36.8. The lowest BCUT2D eigenvalue weighted by Crippen LogP contribution is -2.65. The molecule has 4 rings (SSSR count). The first-order chi connectivity index (χ1) is 22.8. The molecule has 2 bridgehead atoms. The summed E-state index contributed by atoms with van der Waals surface area (Å²) >= 11 is 0. The van der Waals surface area contributed by atoms with Crippen LogP contribution in [0.4, 0.5) is 0 Å². The highest BCUT2D eigenvalue weighted by Gasteiger charge is 2.45. The molecule has 0 saturated carbocycles. The number of aliphatic carboxylic acids is 1. The van der Waals surface area contributed by atoms with Crippen LogP contribution in [0.15, 0.2) is 0 Å². The average Bonchev–Trinajstić information content (AvgIpc) is 3.45. The van der Waals surface area contributed by atoms with E-state index in [2.05, 4.69) is 21.3 Å². The van der Waals surface area contributed by atoms with Gasteiger partial charge in [-0.1, -0.05) is 13.8 Å². The van der Waals surface area contributed by atoms with Gasteiger partial charge in [-0.15, -0.1) is 0 Å². The fourth-order valence-corrected chi connectivity index (χ4v) is 7.12. The van der Waals surface area contributed by atoms with Crippen molar-refractivity contribution in [1.29, 1.82) is 0 Å². The SMILES string of the molecule is CC(C)C[C@@H]1CC(=O)C2CCN(CC2)C(=O)[C@@H]2CCCN2[C@H](C(=O)NC(C)(C)C)[C@H](C)NC(=O)[C@H]([C@@H](C)O)NC(=O)[C@H](CC(=O)O)NC1=O. The predicted molar refractivity (Wildman–Crippen MR) is 179 cm³/mol. The number of carbonyl (C=O) groups is 7. The second-order valence-corrected chi connectivity index (χ2v) is 15.4. The first kappa shape index (κ1) is 39.8. The van der Waals surface area contributed by atoms with E-state index in [1.165, 1.54) is 6.92 Å². The van der Waals surface area contributed by atoms with E-state index in [4.69, 9.17) is 0 Å². The van der Waals surface area contributed by atoms with Crippen molar-refractivity contribution in [3.8, 4) is 0 Å². The summed E-state index contributed by atoms with van der Waals surface area (Å²) < 4.78 is 0. The second-order valence-electron chi connectivity index (χ2n) is 15.4. The lowest BCUT2D eigenvalue weighted by Gasteiger charge is -2.40. The Labute approximate surface area is 288 Å². The van der Waals surface area contributed by atoms with Crippen molar-refractivity contribution in [1.82, 2.24) is 31.1 Å². The quantitative estimate of drug-likeness (QED) is 0.204. The number of carboxylic acids is 1. The standard InChI is InChI=1S/C34H56N6O9/c1-18(2)15-22-16-25(42)21-10-13-39(14-11-21)33(49)24-9-8-12-40(24)28(32(48)38-34(5,6)7)19(3)35-31(47)27(20(4)41)37-30(46)23(17-26(43)44)36-29(22)45/h18-24,27-28,41H,8-17H2,1-7H3,(H,35,47)(H,36,45)(H,37,46)(H,38,48)(H,43,44)/t19-,20+,22+,23-,24-,27-,28-/m0/s1. The van der Waals surface area contributed by atoms with Gasteiger partial charge in [0.15, 0.2) is 0 Å². The van der Waals surface area contributed by atoms with Gasteiger partial charge in [0.1, 0.15) is 23.9 Å². The van der Waals surface area contributed by atoms with Gasteiger partial charge in [0, 0.05) is 36.9 Å². The number of fused-ring (bicyclic) bond motifs is 14. The minimum Gasteiger partial charge on any atom is -0.481 e. The van der Waals surface area contributed by atoms with Gasteiger partial charge in [-0.3, -0.25) is 38.5 Å². The maximum absolute atomic E-state index is 14.0. The third-order valence-electron chi connectivity index (χ3n) is 9.46. The number of hydrogen-bond donors (Lipinski definition) is 6. The van der Waals surface area contributed by atoms with Crippen molar-refractivity contribution in [3.05, 3.63) is 0 Å². The second kappa shape index (κ2) is 16.9. The number of nitrogens with one attached hydrogen (secondary N) is 4. The number of carboxylic acid groups (broad SMARTS) is 1. The monoisotopic (exact) mass is 692 g/mol. The molecule has 7 atom stereocenters. The van der Waals surface area contributed by atoms with Gasteiger partial charge < -0.3 is 36.4 Å². The first-order valence-corrected chi connectivity index (χ1v) is 17.5. The Kier molecular flexibility index (Phi) is 13.7. The first-order valence-electron chi connectivity index (χ1n) is 17.5. The highest BCUT2D eigenvalue weighted by atomic mass is 16.4. The number of rotatable bonds is 6. The van der Waals surface area contributed by atoms with Gasteiger partial charge in [-0.2, -0.15) is 0 Å². The van der Waals surface area contributed by atoms with E-state index < -0.39 is 83.8 Å². The third kappa shape index (κ3) is 10.9. The fourth-order valence-electron chi connectivity index (χ4n) is 7.12. The molecule has 5 amide bonds. The molecule has 0 aromatic carbocycles. The van der Waals surface area contributed by atoms with Crippen LogP contribution < -0.4 is 21.3 Å². The molecule has 0 spiro atoms. The Hall–Kier alpha value is -3.59. The maximum Gasteiger partial charge on any atom is 0.305 e. The number of Topliss-reactive ketones (excluding diaryl/α,β-unsaturated/α-hetero) is 1. The number of nitrogens with zero attached hydrogens (tertiary/aromatic N) is 2. The van der Waals surface area contributed by atoms with Crippen LogP contribution in [-0.4, -0.2) is 123 Å². The van der Waals surface area contributed by atoms with Crippen molar-refractivity contribution >= 4 is 41.3 Å². The summed E-state index contributed by atoms with van der Waals surface area (Å²) in [6, 6.07) is -5.72. The van der Waals surface area contributed by atoms with Gasteiger partial charge in [0.05, 0.1) is 24.6 Å². The summed E-state index contributed by atoms with van der Waals surface area (Å²) in [5, 5.41) is 30.7. The van der Waals surface area contributed by atoms with Gasteiger partial charge in [0.2, 0.25) is 29.5 Å². The maximum atomic E-state index is 14.0. The Balaban J connectivity index is 2.04. The van der Waals surface area contributed by atoms with E-state index in [1.807, 2.05) is 34.6 Å².